The molecule has 1 saturated heterocycles. The van der Waals surface area contributed by atoms with Crippen LogP contribution in [-0.2, 0) is 25.3 Å². The number of fused-ring (bicyclic) bond motifs is 5. The molecule has 5 rings (SSSR count). The van der Waals surface area contributed by atoms with E-state index in [1.807, 2.05) is 6.92 Å². The molecule has 3 aliphatic rings. The Morgan fingerprint density at radius 3 is 2.57 bits per heavy atom. The number of imide groups is 1. The molecule has 1 saturated carbocycles. The highest BCUT2D eigenvalue weighted by Gasteiger charge is 2.60. The zero-order valence-electron chi connectivity index (χ0n) is 19.3. The zero-order valence-corrected chi connectivity index (χ0v) is 20.1. The average molecular weight is 533 g/mol. The smallest absolute Gasteiger partial charge is 0.416 e. The predicted octanol–water partition coefficient (Wildman–Crippen LogP) is 4.86. The normalized spacial score (nSPS) is 24.2. The predicted molar refractivity (Wildman–Crippen MR) is 127 cm³/mol. The van der Waals surface area contributed by atoms with Crippen molar-refractivity contribution in [3.8, 4) is 0 Å². The summed E-state index contributed by atoms with van der Waals surface area (Å²) in [5.74, 6) is -3.12. The number of benzene rings is 2. The van der Waals surface area contributed by atoms with E-state index in [0.29, 0.717) is 6.07 Å². The highest BCUT2D eigenvalue weighted by Crippen LogP contribution is 2.55. The van der Waals surface area contributed by atoms with Gasteiger partial charge in [-0.3, -0.25) is 14.4 Å². The molecule has 0 aromatic heterocycles. The van der Waals surface area contributed by atoms with Gasteiger partial charge in [0.05, 0.1) is 39.4 Å². The third-order valence-corrected chi connectivity index (χ3v) is 7.45. The van der Waals surface area contributed by atoms with Crippen LogP contribution in [0.2, 0.25) is 5.02 Å². The van der Waals surface area contributed by atoms with Gasteiger partial charge in [0, 0.05) is 0 Å². The van der Waals surface area contributed by atoms with Gasteiger partial charge in [-0.05, 0) is 61.6 Å². The first kappa shape index (κ1) is 25.0. The summed E-state index contributed by atoms with van der Waals surface area (Å²) >= 11 is 5.86. The summed E-state index contributed by atoms with van der Waals surface area (Å²) in [4.78, 5) is 52.1. The van der Waals surface area contributed by atoms with Crippen LogP contribution in [0.1, 0.15) is 29.3 Å². The van der Waals surface area contributed by atoms with Crippen LogP contribution in [0.4, 0.5) is 24.5 Å². The zero-order chi connectivity index (χ0) is 26.6. The van der Waals surface area contributed by atoms with Crippen LogP contribution < -0.4 is 10.2 Å². The lowest BCUT2D eigenvalue weighted by molar-refractivity contribution is -0.137. The van der Waals surface area contributed by atoms with Crippen molar-refractivity contribution in [2.24, 2.45) is 23.7 Å². The summed E-state index contributed by atoms with van der Waals surface area (Å²) in [5.41, 5.74) is 0.0645. The number of nitrogens with one attached hydrogen (secondary N) is 1. The van der Waals surface area contributed by atoms with Crippen molar-refractivity contribution < 1.29 is 37.1 Å². The molecule has 1 N–H and O–H groups in total. The molecule has 0 unspecified atom stereocenters. The van der Waals surface area contributed by atoms with Crippen molar-refractivity contribution in [2.75, 3.05) is 16.8 Å². The van der Waals surface area contributed by atoms with Crippen LogP contribution in [0.15, 0.2) is 54.1 Å². The second-order valence-electron chi connectivity index (χ2n) is 9.35. The lowest BCUT2D eigenvalue weighted by atomic mass is 9.82. The van der Waals surface area contributed by atoms with Crippen molar-refractivity contribution in [1.82, 2.24) is 0 Å². The Hall–Kier alpha value is -3.66. The number of halogens is 4. The lowest BCUT2D eigenvalue weighted by Gasteiger charge is -2.19. The van der Waals surface area contributed by atoms with Gasteiger partial charge in [0.1, 0.15) is 0 Å². The molecule has 37 heavy (non-hydrogen) atoms. The summed E-state index contributed by atoms with van der Waals surface area (Å²) in [5, 5.41) is 2.07. The minimum Gasteiger partial charge on any atom is -0.452 e. The number of esters is 1. The van der Waals surface area contributed by atoms with Gasteiger partial charge in [-0.15, -0.1) is 0 Å². The molecule has 3 amide bonds. The lowest BCUT2D eigenvalue weighted by Crippen LogP contribution is -2.33. The highest BCUT2D eigenvalue weighted by molar-refractivity contribution is 6.33. The van der Waals surface area contributed by atoms with E-state index in [1.54, 1.807) is 0 Å². The summed E-state index contributed by atoms with van der Waals surface area (Å²) in [7, 11) is 0. The molecule has 0 spiro atoms. The Kier molecular flexibility index (Phi) is 6.10. The van der Waals surface area contributed by atoms with Gasteiger partial charge >= 0.3 is 12.1 Å². The van der Waals surface area contributed by atoms with Crippen molar-refractivity contribution in [1.29, 1.82) is 0 Å². The quantitative estimate of drug-likeness (QED) is 0.337. The van der Waals surface area contributed by atoms with Gasteiger partial charge in [0.2, 0.25) is 11.8 Å². The van der Waals surface area contributed by atoms with Crippen molar-refractivity contribution in [3.63, 3.8) is 0 Å². The number of rotatable bonds is 5. The molecule has 192 valence electrons. The Morgan fingerprint density at radius 1 is 1.11 bits per heavy atom. The summed E-state index contributed by atoms with van der Waals surface area (Å²) in [6.45, 7) is 1.17. The van der Waals surface area contributed by atoms with Crippen molar-refractivity contribution in [3.05, 3.63) is 70.3 Å². The SMILES string of the molecule is CC1=C[C@H]2C[C@H]1[C@@H]1C(=O)N(c3cccc(C(=O)OCC(=O)Nc4cc(C(F)(F)F)ccc4Cl)c3)C(=O)[C@@H]12. The number of allylic oxidation sites excluding steroid dienone is 2. The van der Waals surface area contributed by atoms with Crippen LogP contribution >= 0.6 is 11.6 Å². The Bertz CT molecular complexity index is 1370. The van der Waals surface area contributed by atoms with E-state index >= 15 is 0 Å². The molecule has 0 radical (unpaired) electrons. The molecular formula is C26H20ClF3N2O5. The minimum atomic E-state index is -4.63. The first-order valence-corrected chi connectivity index (χ1v) is 11.8. The number of alkyl halides is 3. The molecule has 2 aromatic carbocycles. The number of ether oxygens (including phenoxy) is 1. The van der Waals surface area contributed by atoms with E-state index in [9.17, 15) is 32.3 Å². The first-order valence-electron chi connectivity index (χ1n) is 11.5. The van der Waals surface area contributed by atoms with E-state index in [0.717, 1.165) is 29.0 Å². The van der Waals surface area contributed by atoms with Gasteiger partial charge in [0.25, 0.3) is 5.91 Å². The molecule has 1 heterocycles. The number of hydrogen-bond acceptors (Lipinski definition) is 5. The Morgan fingerprint density at radius 2 is 1.84 bits per heavy atom. The second kappa shape index (κ2) is 9.02. The average Bonchev–Trinajstić information content (AvgIpc) is 3.48. The maximum Gasteiger partial charge on any atom is 0.416 e. The molecule has 4 atom stereocenters. The van der Waals surface area contributed by atoms with E-state index < -0.39 is 42.1 Å². The fourth-order valence-corrected chi connectivity index (χ4v) is 5.66. The fraction of sp³-hybridized carbons (Fsp3) is 0.308. The summed E-state index contributed by atoms with van der Waals surface area (Å²) < 4.78 is 43.8. The molecular weight excluding hydrogens is 513 g/mol. The largest absolute Gasteiger partial charge is 0.452 e. The number of anilines is 2. The maximum absolute atomic E-state index is 13.1. The van der Waals surface area contributed by atoms with Crippen LogP contribution in [-0.4, -0.2) is 30.3 Å². The summed E-state index contributed by atoms with van der Waals surface area (Å²) in [6, 6.07) is 8.21. The Balaban J connectivity index is 1.25. The summed E-state index contributed by atoms with van der Waals surface area (Å²) in [6.07, 6.45) is -1.77. The van der Waals surface area contributed by atoms with Crippen LogP contribution in [0.25, 0.3) is 0 Å². The van der Waals surface area contributed by atoms with Crippen LogP contribution in [0.3, 0.4) is 0 Å². The van der Waals surface area contributed by atoms with Crippen LogP contribution in [0.5, 0.6) is 0 Å². The van der Waals surface area contributed by atoms with E-state index in [1.165, 1.54) is 24.3 Å². The van der Waals surface area contributed by atoms with Gasteiger partial charge in [-0.1, -0.05) is 29.3 Å². The monoisotopic (exact) mass is 532 g/mol. The van der Waals surface area contributed by atoms with E-state index in [4.69, 9.17) is 16.3 Å². The third-order valence-electron chi connectivity index (χ3n) is 7.12. The topological polar surface area (TPSA) is 92.8 Å². The highest BCUT2D eigenvalue weighted by atomic mass is 35.5. The molecule has 2 bridgehead atoms. The second-order valence-corrected chi connectivity index (χ2v) is 9.75. The number of hydrogen-bond donors (Lipinski definition) is 1. The molecule has 2 aliphatic carbocycles. The number of carbonyl (C=O) groups is 4. The van der Waals surface area contributed by atoms with Crippen LogP contribution in [0, 0.1) is 23.7 Å². The molecule has 11 heteroatoms. The maximum atomic E-state index is 13.1. The van der Waals surface area contributed by atoms with Crippen molar-refractivity contribution in [2.45, 2.75) is 19.5 Å². The number of carbonyl (C=O) groups excluding carboxylic acids is 4. The fourth-order valence-electron chi connectivity index (χ4n) is 5.50. The molecule has 7 nitrogen and oxygen atoms in total. The Labute approximate surface area is 214 Å². The van der Waals surface area contributed by atoms with Gasteiger partial charge < -0.3 is 10.1 Å². The third kappa shape index (κ3) is 4.39. The van der Waals surface area contributed by atoms with E-state index in [2.05, 4.69) is 11.4 Å². The molecule has 2 aromatic rings. The first-order chi connectivity index (χ1) is 17.5. The van der Waals surface area contributed by atoms with Gasteiger partial charge in [-0.25, -0.2) is 9.69 Å². The standard InChI is InChI=1S/C26H20ClF3N2O5/c1-12-7-14-9-17(12)22-21(14)23(34)32(24(22)35)16-4-2-3-13(8-16)25(36)37-11-20(33)31-19-10-15(26(28,29)30)5-6-18(19)27/h2-8,10,14,17,21-22H,9,11H2,1H3,(H,31,33)/t14-,17+,21+,22-/m0/s1. The number of amides is 3. The van der Waals surface area contributed by atoms with E-state index in [-0.39, 0.29) is 45.6 Å². The van der Waals surface area contributed by atoms with Gasteiger partial charge in [-0.2, -0.15) is 13.2 Å². The van der Waals surface area contributed by atoms with Crippen molar-refractivity contribution >= 4 is 46.7 Å². The molecule has 1 aliphatic heterocycles. The minimum absolute atomic E-state index is 0.00246. The van der Waals surface area contributed by atoms with Gasteiger partial charge in [0.15, 0.2) is 6.61 Å². The number of nitrogens with zero attached hydrogens (tertiary/aromatic N) is 1. The molecule has 2 fully saturated rings.